The number of imide groups is 1. The highest BCUT2D eigenvalue weighted by Crippen LogP contribution is 2.34. The molecule has 0 spiro atoms. The minimum Gasteiger partial charge on any atom is -0.268 e. The minimum absolute atomic E-state index is 0.120. The molecule has 0 unspecified atom stereocenters. The molecule has 0 saturated carbocycles. The molecule has 1 aromatic carbocycles. The summed E-state index contributed by atoms with van der Waals surface area (Å²) in [5, 5.41) is -0.262. The van der Waals surface area contributed by atoms with Crippen LogP contribution in [0, 0.1) is 5.82 Å². The summed E-state index contributed by atoms with van der Waals surface area (Å²) in [6.45, 7) is 3.76. The summed E-state index contributed by atoms with van der Waals surface area (Å²) in [5.41, 5.74) is 0.578. The van der Waals surface area contributed by atoms with E-state index in [2.05, 4.69) is 0 Å². The summed E-state index contributed by atoms with van der Waals surface area (Å²) < 4.78 is 13.1. The normalized spacial score (nSPS) is 19.3. The number of carbonyl (C=O) groups excluding carboxylic acids is 2. The van der Waals surface area contributed by atoms with Crippen molar-refractivity contribution < 1.29 is 14.0 Å². The van der Waals surface area contributed by atoms with E-state index in [4.69, 9.17) is 0 Å². The molecule has 1 atom stereocenters. The van der Waals surface area contributed by atoms with Gasteiger partial charge in [0.05, 0.1) is 4.91 Å². The quantitative estimate of drug-likeness (QED) is 0.792. The van der Waals surface area contributed by atoms with Gasteiger partial charge in [0, 0.05) is 6.04 Å². The molecule has 0 aliphatic carbocycles. The van der Waals surface area contributed by atoms with Crippen molar-refractivity contribution >= 4 is 29.0 Å². The van der Waals surface area contributed by atoms with Crippen LogP contribution < -0.4 is 0 Å². The Kier molecular flexibility index (Phi) is 4.04. The number of carbonyl (C=O) groups is 2. The van der Waals surface area contributed by atoms with Gasteiger partial charge in [-0.25, -0.2) is 4.39 Å². The second-order valence-electron chi connectivity index (χ2n) is 4.36. The number of amides is 2. The summed E-state index contributed by atoms with van der Waals surface area (Å²) in [6, 6.07) is 5.81. The van der Waals surface area contributed by atoms with E-state index in [9.17, 15) is 14.0 Å². The van der Waals surface area contributed by atoms with Crippen LogP contribution >= 0.6 is 11.8 Å². The van der Waals surface area contributed by atoms with E-state index >= 15 is 0 Å². The Balaban J connectivity index is 2.28. The van der Waals surface area contributed by atoms with Crippen LogP contribution in [0.1, 0.15) is 25.8 Å². The fourth-order valence-electron chi connectivity index (χ4n) is 1.79. The zero-order valence-electron chi connectivity index (χ0n) is 10.7. The maximum Gasteiger partial charge on any atom is 0.293 e. The van der Waals surface area contributed by atoms with E-state index in [-0.39, 0.29) is 23.0 Å². The van der Waals surface area contributed by atoms with E-state index in [1.54, 1.807) is 18.2 Å². The zero-order chi connectivity index (χ0) is 14.0. The van der Waals surface area contributed by atoms with E-state index in [0.717, 1.165) is 11.8 Å². The minimum atomic E-state index is -0.366. The molecule has 0 bridgehead atoms. The van der Waals surface area contributed by atoms with Gasteiger partial charge in [-0.1, -0.05) is 19.1 Å². The van der Waals surface area contributed by atoms with Gasteiger partial charge in [-0.3, -0.25) is 14.5 Å². The highest BCUT2D eigenvalue weighted by molar-refractivity contribution is 8.18. The third kappa shape index (κ3) is 2.87. The Morgan fingerprint density at radius 3 is 2.79 bits per heavy atom. The summed E-state index contributed by atoms with van der Waals surface area (Å²) in [4.78, 5) is 25.5. The van der Waals surface area contributed by atoms with Gasteiger partial charge >= 0.3 is 0 Å². The molecule has 3 nitrogen and oxygen atoms in total. The maximum absolute atomic E-state index is 13.1. The van der Waals surface area contributed by atoms with E-state index in [1.165, 1.54) is 17.0 Å². The largest absolute Gasteiger partial charge is 0.293 e. The highest BCUT2D eigenvalue weighted by atomic mass is 32.2. The molecule has 1 heterocycles. The van der Waals surface area contributed by atoms with Crippen LogP contribution in [0.15, 0.2) is 29.2 Å². The average Bonchev–Trinajstić information content (AvgIpc) is 2.64. The lowest BCUT2D eigenvalue weighted by Crippen LogP contribution is -2.36. The molecule has 19 heavy (non-hydrogen) atoms. The molecule has 100 valence electrons. The smallest absolute Gasteiger partial charge is 0.268 e. The van der Waals surface area contributed by atoms with Crippen molar-refractivity contribution in [3.63, 3.8) is 0 Å². The van der Waals surface area contributed by atoms with Gasteiger partial charge in [0.2, 0.25) is 0 Å². The number of benzene rings is 1. The van der Waals surface area contributed by atoms with Crippen molar-refractivity contribution in [2.24, 2.45) is 0 Å². The van der Waals surface area contributed by atoms with Crippen LogP contribution in [0.4, 0.5) is 9.18 Å². The van der Waals surface area contributed by atoms with Gasteiger partial charge in [0.15, 0.2) is 0 Å². The monoisotopic (exact) mass is 279 g/mol. The molecule has 0 radical (unpaired) electrons. The number of halogens is 1. The second kappa shape index (κ2) is 5.57. The van der Waals surface area contributed by atoms with Gasteiger partial charge in [-0.2, -0.15) is 0 Å². The van der Waals surface area contributed by atoms with Crippen LogP contribution in [0.5, 0.6) is 0 Å². The lowest BCUT2D eigenvalue weighted by Gasteiger charge is -2.19. The molecular weight excluding hydrogens is 265 g/mol. The first-order valence-electron chi connectivity index (χ1n) is 6.05. The Morgan fingerprint density at radius 1 is 1.42 bits per heavy atom. The molecular formula is C14H14FNO2S. The van der Waals surface area contributed by atoms with Crippen LogP contribution in [-0.4, -0.2) is 22.1 Å². The standard InChI is InChI=1S/C14H14FNO2S/c1-3-9(2)16-13(17)12(19-14(16)18)8-10-5-4-6-11(15)7-10/h4-9H,3H2,1-2H3/b12-8+/t9-/m1/s1. The summed E-state index contributed by atoms with van der Waals surface area (Å²) in [5.74, 6) is -0.663. The Hall–Kier alpha value is -1.62. The molecule has 1 saturated heterocycles. The number of hydrogen-bond acceptors (Lipinski definition) is 3. The first-order valence-corrected chi connectivity index (χ1v) is 6.87. The van der Waals surface area contributed by atoms with Crippen LogP contribution in [0.25, 0.3) is 6.08 Å². The Bertz CT molecular complexity index is 556. The molecule has 0 N–H and O–H groups in total. The van der Waals surface area contributed by atoms with Crippen LogP contribution in [0.3, 0.4) is 0 Å². The van der Waals surface area contributed by atoms with Gasteiger partial charge in [-0.15, -0.1) is 0 Å². The van der Waals surface area contributed by atoms with Crippen molar-refractivity contribution in [2.45, 2.75) is 26.3 Å². The molecule has 2 amide bonds. The predicted molar refractivity (Wildman–Crippen MR) is 74.0 cm³/mol. The first kappa shape index (κ1) is 13.8. The van der Waals surface area contributed by atoms with E-state index in [0.29, 0.717) is 16.9 Å². The second-order valence-corrected chi connectivity index (χ2v) is 5.36. The topological polar surface area (TPSA) is 37.4 Å². The van der Waals surface area contributed by atoms with Crippen molar-refractivity contribution in [2.75, 3.05) is 0 Å². The van der Waals surface area contributed by atoms with Crippen molar-refractivity contribution in [1.29, 1.82) is 0 Å². The molecule has 2 rings (SSSR count). The Morgan fingerprint density at radius 2 is 2.16 bits per heavy atom. The summed E-state index contributed by atoms with van der Waals surface area (Å²) in [6.07, 6.45) is 2.27. The predicted octanol–water partition coefficient (Wildman–Crippen LogP) is 3.66. The fraction of sp³-hybridized carbons (Fsp3) is 0.286. The third-order valence-corrected chi connectivity index (χ3v) is 3.89. The first-order chi connectivity index (χ1) is 9.02. The molecule has 5 heteroatoms. The number of thioether (sulfide) groups is 1. The lowest BCUT2D eigenvalue weighted by atomic mass is 10.2. The lowest BCUT2D eigenvalue weighted by molar-refractivity contribution is -0.124. The van der Waals surface area contributed by atoms with Crippen molar-refractivity contribution in [1.82, 2.24) is 4.90 Å². The maximum atomic E-state index is 13.1. The van der Waals surface area contributed by atoms with Crippen molar-refractivity contribution in [3.8, 4) is 0 Å². The van der Waals surface area contributed by atoms with Gasteiger partial charge in [0.1, 0.15) is 5.82 Å². The van der Waals surface area contributed by atoms with Crippen molar-refractivity contribution in [3.05, 3.63) is 40.6 Å². The third-order valence-electron chi connectivity index (χ3n) is 3.00. The van der Waals surface area contributed by atoms with Crippen LogP contribution in [-0.2, 0) is 4.79 Å². The number of rotatable bonds is 3. The molecule has 1 aromatic rings. The molecule has 1 aliphatic rings. The zero-order valence-corrected chi connectivity index (χ0v) is 11.5. The van der Waals surface area contributed by atoms with Gasteiger partial charge < -0.3 is 0 Å². The number of hydrogen-bond donors (Lipinski definition) is 0. The molecule has 1 fully saturated rings. The van der Waals surface area contributed by atoms with Gasteiger partial charge in [0.25, 0.3) is 11.1 Å². The number of nitrogens with zero attached hydrogens (tertiary/aromatic N) is 1. The summed E-state index contributed by atoms with van der Waals surface area (Å²) in [7, 11) is 0. The van der Waals surface area contributed by atoms with Gasteiger partial charge in [-0.05, 0) is 48.9 Å². The summed E-state index contributed by atoms with van der Waals surface area (Å²) >= 11 is 0.902. The Labute approximate surface area is 115 Å². The van der Waals surface area contributed by atoms with Crippen LogP contribution in [0.2, 0.25) is 0 Å². The molecule has 0 aromatic heterocycles. The van der Waals surface area contributed by atoms with E-state index in [1.807, 2.05) is 13.8 Å². The average molecular weight is 279 g/mol. The van der Waals surface area contributed by atoms with E-state index < -0.39 is 0 Å². The fourth-order valence-corrected chi connectivity index (χ4v) is 2.72. The highest BCUT2D eigenvalue weighted by Gasteiger charge is 2.37. The molecule has 1 aliphatic heterocycles. The SMILES string of the molecule is CC[C@@H](C)N1C(=O)S/C(=C/c2cccc(F)c2)C1=O.